The van der Waals surface area contributed by atoms with Gasteiger partial charge in [0.25, 0.3) is 5.91 Å². The zero-order valence-corrected chi connectivity index (χ0v) is 20.1. The minimum Gasteiger partial charge on any atom is -0.297 e. The first-order valence-electron chi connectivity index (χ1n) is 11.3. The Balaban J connectivity index is 1.61. The van der Waals surface area contributed by atoms with E-state index in [2.05, 4.69) is 43.3 Å². The second-order valence-corrected chi connectivity index (χ2v) is 9.76. The average molecular weight is 482 g/mol. The minimum atomic E-state index is -0.205. The fourth-order valence-corrected chi connectivity index (χ4v) is 5.56. The van der Waals surface area contributed by atoms with Crippen LogP contribution in [0.2, 0.25) is 10.0 Å². The Hall–Kier alpha value is -3.33. The first kappa shape index (κ1) is 21.2. The number of rotatable bonds is 3. The summed E-state index contributed by atoms with van der Waals surface area (Å²) in [5.74, 6) is 0.0291. The number of fused-ring (bicyclic) bond motifs is 2. The van der Waals surface area contributed by atoms with Gasteiger partial charge in [-0.2, -0.15) is 0 Å². The molecule has 1 unspecified atom stereocenters. The average Bonchev–Trinajstić information content (AvgIpc) is 3.35. The van der Waals surface area contributed by atoms with Crippen LogP contribution in [0.4, 0.5) is 5.69 Å². The van der Waals surface area contributed by atoms with Crippen molar-refractivity contribution in [1.82, 2.24) is 0 Å². The maximum absolute atomic E-state index is 13.7. The third-order valence-electron chi connectivity index (χ3n) is 6.78. The molecule has 34 heavy (non-hydrogen) atoms. The molecule has 2 aliphatic rings. The highest BCUT2D eigenvalue weighted by Crippen LogP contribution is 2.50. The van der Waals surface area contributed by atoms with Crippen LogP contribution in [0, 0.1) is 6.92 Å². The standard InChI is InChI=1S/C30H21Cl2NO/c1-18-6-13-23(14-7-18)33-29(25-4-2-3-5-26(25)30(33)34)27-17-20-16-22(32)12-15-24(20)28(27)19-8-10-21(31)11-9-19/h2-16,29H,17H2,1H3. The van der Waals surface area contributed by atoms with Crippen molar-refractivity contribution < 1.29 is 4.79 Å². The fourth-order valence-electron chi connectivity index (χ4n) is 5.24. The molecule has 6 rings (SSSR count). The minimum absolute atomic E-state index is 0.0291. The smallest absolute Gasteiger partial charge is 0.259 e. The molecule has 0 fully saturated rings. The van der Waals surface area contributed by atoms with Crippen molar-refractivity contribution >= 4 is 40.4 Å². The van der Waals surface area contributed by atoms with Gasteiger partial charge >= 0.3 is 0 Å². The van der Waals surface area contributed by atoms with Crippen molar-refractivity contribution in [3.8, 4) is 0 Å². The van der Waals surface area contributed by atoms with Crippen LogP contribution in [-0.4, -0.2) is 5.91 Å². The van der Waals surface area contributed by atoms with E-state index in [4.69, 9.17) is 23.2 Å². The van der Waals surface area contributed by atoms with E-state index in [1.165, 1.54) is 11.1 Å². The summed E-state index contributed by atoms with van der Waals surface area (Å²) >= 11 is 12.6. The van der Waals surface area contributed by atoms with Crippen molar-refractivity contribution in [3.63, 3.8) is 0 Å². The van der Waals surface area contributed by atoms with Crippen LogP contribution in [0.3, 0.4) is 0 Å². The Morgan fingerprint density at radius 3 is 2.26 bits per heavy atom. The maximum Gasteiger partial charge on any atom is 0.259 e. The second kappa shape index (κ2) is 8.16. The lowest BCUT2D eigenvalue weighted by Gasteiger charge is -2.28. The zero-order chi connectivity index (χ0) is 23.4. The first-order valence-corrected chi connectivity index (χ1v) is 12.0. The predicted octanol–water partition coefficient (Wildman–Crippen LogP) is 8.06. The van der Waals surface area contributed by atoms with Gasteiger partial charge in [-0.25, -0.2) is 0 Å². The molecule has 2 nitrogen and oxygen atoms in total. The molecule has 1 aliphatic carbocycles. The normalized spacial score (nSPS) is 16.7. The van der Waals surface area contributed by atoms with E-state index in [1.54, 1.807) is 0 Å². The van der Waals surface area contributed by atoms with Crippen LogP contribution < -0.4 is 4.90 Å². The number of hydrogen-bond donors (Lipinski definition) is 0. The summed E-state index contributed by atoms with van der Waals surface area (Å²) < 4.78 is 0. The van der Waals surface area contributed by atoms with Crippen molar-refractivity contribution in [2.24, 2.45) is 0 Å². The van der Waals surface area contributed by atoms with Gasteiger partial charge in [-0.1, -0.05) is 77.3 Å². The quantitative estimate of drug-likeness (QED) is 0.289. The number of carbonyl (C=O) groups is 1. The molecule has 4 aromatic carbocycles. The third-order valence-corrected chi connectivity index (χ3v) is 7.26. The Kier molecular flexibility index (Phi) is 5.09. The molecule has 0 N–H and O–H groups in total. The molecule has 1 heterocycles. The van der Waals surface area contributed by atoms with E-state index in [-0.39, 0.29) is 11.9 Å². The molecule has 0 saturated carbocycles. The van der Waals surface area contributed by atoms with Crippen LogP contribution in [0.25, 0.3) is 5.57 Å². The molecule has 0 radical (unpaired) electrons. The van der Waals surface area contributed by atoms with Crippen molar-refractivity contribution in [2.45, 2.75) is 19.4 Å². The molecule has 1 aliphatic heterocycles. The Morgan fingerprint density at radius 2 is 1.50 bits per heavy atom. The molecule has 0 spiro atoms. The van der Waals surface area contributed by atoms with E-state index in [1.807, 2.05) is 59.5 Å². The number of anilines is 1. The van der Waals surface area contributed by atoms with E-state index in [9.17, 15) is 4.79 Å². The van der Waals surface area contributed by atoms with Crippen LogP contribution >= 0.6 is 23.2 Å². The number of carbonyl (C=O) groups excluding carboxylic acids is 1. The molecule has 166 valence electrons. The van der Waals surface area contributed by atoms with Crippen LogP contribution in [0.5, 0.6) is 0 Å². The van der Waals surface area contributed by atoms with Gasteiger partial charge in [-0.15, -0.1) is 0 Å². The molecule has 4 heteroatoms. The van der Waals surface area contributed by atoms with Gasteiger partial charge in [0.05, 0.1) is 6.04 Å². The summed E-state index contributed by atoms with van der Waals surface area (Å²) in [6, 6.07) is 29.9. The fraction of sp³-hybridized carbons (Fsp3) is 0.100. The number of hydrogen-bond acceptors (Lipinski definition) is 1. The van der Waals surface area contributed by atoms with Gasteiger partial charge in [-0.3, -0.25) is 9.69 Å². The lowest BCUT2D eigenvalue weighted by atomic mass is 9.91. The van der Waals surface area contributed by atoms with Gasteiger partial charge in [0, 0.05) is 21.3 Å². The number of benzene rings is 4. The molecule has 0 saturated heterocycles. The van der Waals surface area contributed by atoms with Crippen LogP contribution in [-0.2, 0) is 6.42 Å². The summed E-state index contributed by atoms with van der Waals surface area (Å²) in [5.41, 5.74) is 9.60. The summed E-state index contributed by atoms with van der Waals surface area (Å²) in [6.07, 6.45) is 0.725. The van der Waals surface area contributed by atoms with Gasteiger partial charge in [0.2, 0.25) is 0 Å². The Morgan fingerprint density at radius 1 is 0.794 bits per heavy atom. The Labute approximate surface area is 209 Å². The SMILES string of the molecule is Cc1ccc(N2C(=O)c3ccccc3C2C2=C(c3ccc(Cl)cc3)c3ccc(Cl)cc3C2)cc1. The summed E-state index contributed by atoms with van der Waals surface area (Å²) in [4.78, 5) is 15.7. The van der Waals surface area contributed by atoms with Crippen molar-refractivity contribution in [1.29, 1.82) is 0 Å². The topological polar surface area (TPSA) is 20.3 Å². The molecule has 1 amide bonds. The second-order valence-electron chi connectivity index (χ2n) is 8.89. The molecular weight excluding hydrogens is 461 g/mol. The number of nitrogens with zero attached hydrogens (tertiary/aromatic N) is 1. The number of amides is 1. The van der Waals surface area contributed by atoms with Crippen molar-refractivity contribution in [3.05, 3.63) is 140 Å². The molecular formula is C30H21Cl2NO. The van der Waals surface area contributed by atoms with Gasteiger partial charge in [0.15, 0.2) is 0 Å². The van der Waals surface area contributed by atoms with Gasteiger partial charge < -0.3 is 0 Å². The van der Waals surface area contributed by atoms with Crippen LogP contribution in [0.1, 0.15) is 44.2 Å². The van der Waals surface area contributed by atoms with E-state index < -0.39 is 0 Å². The zero-order valence-electron chi connectivity index (χ0n) is 18.6. The lowest BCUT2D eigenvalue weighted by molar-refractivity contribution is 0.0993. The van der Waals surface area contributed by atoms with E-state index in [0.29, 0.717) is 10.0 Å². The summed E-state index contributed by atoms with van der Waals surface area (Å²) in [6.45, 7) is 2.06. The maximum atomic E-state index is 13.7. The highest BCUT2D eigenvalue weighted by molar-refractivity contribution is 6.31. The highest BCUT2D eigenvalue weighted by atomic mass is 35.5. The number of aryl methyl sites for hydroxylation is 1. The third kappa shape index (κ3) is 3.37. The van der Waals surface area contributed by atoms with Gasteiger partial charge in [0.1, 0.15) is 0 Å². The first-order chi connectivity index (χ1) is 16.5. The van der Waals surface area contributed by atoms with E-state index in [0.717, 1.165) is 45.5 Å². The highest BCUT2D eigenvalue weighted by Gasteiger charge is 2.42. The van der Waals surface area contributed by atoms with Gasteiger partial charge in [-0.05, 0) is 89.2 Å². The molecule has 0 aromatic heterocycles. The van der Waals surface area contributed by atoms with Crippen molar-refractivity contribution in [2.75, 3.05) is 4.90 Å². The summed E-state index contributed by atoms with van der Waals surface area (Å²) in [7, 11) is 0. The largest absolute Gasteiger partial charge is 0.297 e. The predicted molar refractivity (Wildman–Crippen MR) is 140 cm³/mol. The summed E-state index contributed by atoms with van der Waals surface area (Å²) in [5, 5.41) is 1.41. The van der Waals surface area contributed by atoms with Crippen LogP contribution in [0.15, 0.2) is 96.6 Å². The van der Waals surface area contributed by atoms with E-state index >= 15 is 0 Å². The number of halogens is 2. The molecule has 0 bridgehead atoms. The Bertz CT molecular complexity index is 1470. The monoisotopic (exact) mass is 481 g/mol. The molecule has 4 aromatic rings. The molecule has 1 atom stereocenters. The lowest BCUT2D eigenvalue weighted by Crippen LogP contribution is -2.29.